The molecule has 0 aliphatic heterocycles. The Morgan fingerprint density at radius 3 is 1.31 bits per heavy atom. The molecule has 0 saturated carbocycles. The largest absolute Gasteiger partial charge is 0.780 e. The van der Waals surface area contributed by atoms with Gasteiger partial charge in [0.1, 0.15) is 0 Å². The van der Waals surface area contributed by atoms with Gasteiger partial charge in [0.2, 0.25) is 0 Å². The molecule has 0 amide bonds. The van der Waals surface area contributed by atoms with Crippen molar-refractivity contribution >= 4 is 12.6 Å². The van der Waals surface area contributed by atoms with Crippen molar-refractivity contribution in [2.45, 2.75) is 32.6 Å². The van der Waals surface area contributed by atoms with Gasteiger partial charge >= 0.3 is 0 Å². The van der Waals surface area contributed by atoms with Crippen molar-refractivity contribution < 1.29 is 4.48 Å². The highest BCUT2D eigenvalue weighted by Crippen LogP contribution is 2.03. The summed E-state index contributed by atoms with van der Waals surface area (Å²) in [5, 5.41) is 0. The third-order valence-corrected chi connectivity index (χ3v) is 3.70. The van der Waals surface area contributed by atoms with E-state index >= 15 is 0 Å². The summed E-state index contributed by atoms with van der Waals surface area (Å²) >= 11 is 4.81. The number of hydrogen-bond donors (Lipinski definition) is 0. The van der Waals surface area contributed by atoms with Crippen molar-refractivity contribution in [1.29, 1.82) is 0 Å². The summed E-state index contributed by atoms with van der Waals surface area (Å²) in [6.07, 6.45) is 0. The Morgan fingerprint density at radius 1 is 0.812 bits per heavy atom. The molecule has 0 aromatic heterocycles. The molecule has 0 saturated heterocycles. The molecule has 2 heteroatoms. The molecule has 0 radical (unpaired) electrons. The number of hydrogen-bond acceptors (Lipinski definition) is 1. The first-order chi connectivity index (χ1) is 7.64. The molecular formula is C14H25NS. The molecule has 1 aromatic rings. The summed E-state index contributed by atoms with van der Waals surface area (Å²) in [6, 6.07) is 9.62. The minimum atomic E-state index is 0.905. The molecule has 1 nitrogen and oxygen atoms in total. The van der Waals surface area contributed by atoms with Crippen LogP contribution in [0.4, 0.5) is 0 Å². The van der Waals surface area contributed by atoms with E-state index in [0.29, 0.717) is 0 Å². The Morgan fingerprint density at radius 2 is 1.19 bits per heavy atom. The number of rotatable bonds is 4. The average Bonchev–Trinajstić information content (AvgIpc) is 2.35. The number of quaternary nitrogens is 1. The lowest BCUT2D eigenvalue weighted by molar-refractivity contribution is -0.921. The lowest BCUT2D eigenvalue weighted by Crippen LogP contribution is -2.47. The fourth-order valence-electron chi connectivity index (χ4n) is 1.76. The van der Waals surface area contributed by atoms with E-state index in [0.717, 1.165) is 4.90 Å². The van der Waals surface area contributed by atoms with Crippen molar-refractivity contribution in [3.05, 3.63) is 30.3 Å². The first-order valence-corrected chi connectivity index (χ1v) is 6.62. The summed E-state index contributed by atoms with van der Waals surface area (Å²) in [6.45, 7) is 14.2. The Bertz CT molecular complexity index is 237. The lowest BCUT2D eigenvalue weighted by atomic mass is 10.3. The van der Waals surface area contributed by atoms with E-state index in [-0.39, 0.29) is 0 Å². The maximum Gasteiger partial charge on any atom is 0.0757 e. The Kier molecular flexibility index (Phi) is 8.22. The summed E-state index contributed by atoms with van der Waals surface area (Å²) in [7, 11) is 0. The lowest BCUT2D eigenvalue weighted by Gasteiger charge is -2.34. The zero-order valence-electron chi connectivity index (χ0n) is 11.1. The fraction of sp³-hybridized carbons (Fsp3) is 0.571. The normalized spacial score (nSPS) is 10.5. The Balaban J connectivity index is 0.000000288. The Labute approximate surface area is 106 Å². The molecule has 92 valence electrons. The average molecular weight is 239 g/mol. The second-order valence-electron chi connectivity index (χ2n) is 3.92. The van der Waals surface area contributed by atoms with E-state index in [2.05, 4.69) is 27.7 Å². The van der Waals surface area contributed by atoms with Gasteiger partial charge in [-0.05, 0) is 27.7 Å². The van der Waals surface area contributed by atoms with E-state index in [1.54, 1.807) is 0 Å². The highest BCUT2D eigenvalue weighted by molar-refractivity contribution is 7.58. The van der Waals surface area contributed by atoms with E-state index < -0.39 is 0 Å². The van der Waals surface area contributed by atoms with Crippen molar-refractivity contribution in [2.75, 3.05) is 26.2 Å². The molecule has 0 unspecified atom stereocenters. The SMILES string of the molecule is CC[N+](CC)(CC)CC.[S-]c1ccccc1. The zero-order valence-corrected chi connectivity index (χ0v) is 11.9. The van der Waals surface area contributed by atoms with Gasteiger partial charge in [-0.15, -0.1) is 0 Å². The van der Waals surface area contributed by atoms with Gasteiger partial charge in [0, 0.05) is 0 Å². The maximum absolute atomic E-state index is 4.81. The van der Waals surface area contributed by atoms with Gasteiger partial charge in [-0.1, -0.05) is 30.3 Å². The van der Waals surface area contributed by atoms with Gasteiger partial charge in [0.05, 0.1) is 26.2 Å². The van der Waals surface area contributed by atoms with Crippen LogP contribution in [-0.2, 0) is 12.6 Å². The highest BCUT2D eigenvalue weighted by Gasteiger charge is 2.16. The summed E-state index contributed by atoms with van der Waals surface area (Å²) in [5.41, 5.74) is 0. The predicted octanol–water partition coefficient (Wildman–Crippen LogP) is 3.48. The third kappa shape index (κ3) is 5.47. The zero-order chi connectivity index (χ0) is 12.4. The van der Waals surface area contributed by atoms with Crippen molar-refractivity contribution in [1.82, 2.24) is 0 Å². The smallest absolute Gasteiger partial charge is 0.0757 e. The molecule has 0 spiro atoms. The van der Waals surface area contributed by atoms with E-state index in [4.69, 9.17) is 12.6 Å². The molecule has 0 bridgehead atoms. The van der Waals surface area contributed by atoms with Crippen LogP contribution in [0.2, 0.25) is 0 Å². The second kappa shape index (κ2) is 8.54. The molecule has 0 fully saturated rings. The van der Waals surface area contributed by atoms with Gasteiger partial charge in [-0.3, -0.25) is 0 Å². The Hall–Kier alpha value is -0.600. The molecule has 0 aliphatic rings. The van der Waals surface area contributed by atoms with Crippen LogP contribution in [-0.4, -0.2) is 30.7 Å². The van der Waals surface area contributed by atoms with Crippen LogP contribution in [0, 0.1) is 0 Å². The molecule has 0 N–H and O–H groups in total. The van der Waals surface area contributed by atoms with Crippen molar-refractivity contribution in [3.63, 3.8) is 0 Å². The molecule has 0 aliphatic carbocycles. The van der Waals surface area contributed by atoms with E-state index in [9.17, 15) is 0 Å². The quantitative estimate of drug-likeness (QED) is 0.572. The van der Waals surface area contributed by atoms with Crippen LogP contribution in [0.5, 0.6) is 0 Å². The second-order valence-corrected chi connectivity index (χ2v) is 4.39. The summed E-state index contributed by atoms with van der Waals surface area (Å²) in [5.74, 6) is 0. The standard InChI is InChI=1S/C8H20N.C6H6S/c1-5-9(6-2,7-3)8-4;7-6-4-2-1-3-5-6/h5-8H2,1-4H3;1-5,7H/q+1;/p-1. The molecule has 16 heavy (non-hydrogen) atoms. The number of nitrogens with zero attached hydrogens (tertiary/aromatic N) is 1. The van der Waals surface area contributed by atoms with Gasteiger partial charge in [-0.2, -0.15) is 4.90 Å². The van der Waals surface area contributed by atoms with Gasteiger partial charge < -0.3 is 17.1 Å². The van der Waals surface area contributed by atoms with Gasteiger partial charge in [0.25, 0.3) is 0 Å². The molecule has 0 atom stereocenters. The van der Waals surface area contributed by atoms with Crippen LogP contribution in [0.3, 0.4) is 0 Å². The predicted molar refractivity (Wildman–Crippen MR) is 74.5 cm³/mol. The minimum Gasteiger partial charge on any atom is -0.780 e. The van der Waals surface area contributed by atoms with Crippen LogP contribution in [0.1, 0.15) is 27.7 Å². The van der Waals surface area contributed by atoms with Crippen LogP contribution in [0.25, 0.3) is 0 Å². The van der Waals surface area contributed by atoms with Gasteiger partial charge in [0.15, 0.2) is 0 Å². The summed E-state index contributed by atoms with van der Waals surface area (Å²) in [4.78, 5) is 0.905. The van der Waals surface area contributed by atoms with E-state index in [1.807, 2.05) is 30.3 Å². The minimum absolute atomic E-state index is 0.905. The van der Waals surface area contributed by atoms with Crippen molar-refractivity contribution in [3.8, 4) is 0 Å². The molecule has 1 rings (SSSR count). The van der Waals surface area contributed by atoms with Crippen molar-refractivity contribution in [2.24, 2.45) is 0 Å². The monoisotopic (exact) mass is 239 g/mol. The fourth-order valence-corrected chi connectivity index (χ4v) is 1.92. The molecule has 1 aromatic carbocycles. The first kappa shape index (κ1) is 15.4. The van der Waals surface area contributed by atoms with Gasteiger partial charge in [-0.25, -0.2) is 0 Å². The molecular weight excluding hydrogens is 214 g/mol. The highest BCUT2D eigenvalue weighted by atomic mass is 32.1. The molecule has 0 heterocycles. The van der Waals surface area contributed by atoms with Crippen LogP contribution < -0.4 is 0 Å². The summed E-state index contributed by atoms with van der Waals surface area (Å²) < 4.78 is 1.28. The first-order valence-electron chi connectivity index (χ1n) is 6.21. The van der Waals surface area contributed by atoms with E-state index in [1.165, 1.54) is 30.7 Å². The third-order valence-electron chi connectivity index (χ3n) is 3.43. The van der Waals surface area contributed by atoms with Crippen LogP contribution >= 0.6 is 0 Å². The van der Waals surface area contributed by atoms with Crippen LogP contribution in [0.15, 0.2) is 35.2 Å². The maximum atomic E-state index is 4.81. The number of benzene rings is 1. The topological polar surface area (TPSA) is 0 Å².